The third-order valence-corrected chi connectivity index (χ3v) is 4.76. The Morgan fingerprint density at radius 3 is 2.54 bits per heavy atom. The number of hydrogen-bond acceptors (Lipinski definition) is 8. The van der Waals surface area contributed by atoms with Crippen LogP contribution < -0.4 is 10.6 Å². The molecule has 0 unspecified atom stereocenters. The van der Waals surface area contributed by atoms with Gasteiger partial charge >= 0.3 is 13.8 Å². The minimum atomic E-state index is -4.81. The van der Waals surface area contributed by atoms with Gasteiger partial charge in [0.05, 0.1) is 6.61 Å². The lowest BCUT2D eigenvalue weighted by atomic mass is 9.86. The molecular weight excluding hydrogens is 415 g/mol. The van der Waals surface area contributed by atoms with Crippen molar-refractivity contribution in [3.8, 4) is 0 Å². The molecule has 1 heterocycles. The number of cyclic esters (lactones) is 1. The van der Waals surface area contributed by atoms with E-state index in [4.69, 9.17) is 14.5 Å². The molecule has 0 aromatic rings. The van der Waals surface area contributed by atoms with Crippen molar-refractivity contribution < 1.29 is 42.8 Å². The highest BCUT2D eigenvalue weighted by atomic mass is 32.2. The molecule has 0 bridgehead atoms. The number of esters is 1. The van der Waals surface area contributed by atoms with E-state index in [1.54, 1.807) is 0 Å². The molecule has 1 rings (SSSR count). The number of carbonyl (C=O) groups excluding carboxylic acids is 4. The highest BCUT2D eigenvalue weighted by Gasteiger charge is 2.40. The second-order valence-electron chi connectivity index (χ2n) is 6.46. The first-order chi connectivity index (χ1) is 12.9. The molecule has 13 heteroatoms. The van der Waals surface area contributed by atoms with E-state index in [1.165, 1.54) is 13.8 Å². The number of amides is 2. The fraction of sp³-hybridized carbons (Fsp3) is 0.600. The Labute approximate surface area is 165 Å². The van der Waals surface area contributed by atoms with E-state index in [9.17, 15) is 23.7 Å². The van der Waals surface area contributed by atoms with E-state index in [2.05, 4.69) is 15.2 Å². The van der Waals surface area contributed by atoms with Crippen LogP contribution >= 0.6 is 19.6 Å². The summed E-state index contributed by atoms with van der Waals surface area (Å²) in [6, 6.07) is 0. The van der Waals surface area contributed by atoms with Gasteiger partial charge < -0.3 is 25.2 Å². The Hall–Kier alpha value is -1.72. The van der Waals surface area contributed by atoms with Crippen molar-refractivity contribution in [3.63, 3.8) is 0 Å². The summed E-state index contributed by atoms with van der Waals surface area (Å²) in [5.74, 6) is -1.78. The molecule has 28 heavy (non-hydrogen) atoms. The SMILES string of the molecule is CC(C)(COP(=O)(O)O)[C@H]1OC(=O)/C=C/C(=O)SCCNC(=O)CCNC1=O. The smallest absolute Gasteiger partial charge is 0.448 e. The lowest BCUT2D eigenvalue weighted by molar-refractivity contribution is -0.160. The van der Waals surface area contributed by atoms with Crippen LogP contribution in [-0.4, -0.2) is 64.2 Å². The molecule has 0 fully saturated rings. The minimum absolute atomic E-state index is 0.0390. The molecule has 1 atom stereocenters. The van der Waals surface area contributed by atoms with Gasteiger partial charge in [-0.15, -0.1) is 0 Å². The summed E-state index contributed by atoms with van der Waals surface area (Å²) in [5, 5.41) is 4.59. The first-order valence-electron chi connectivity index (χ1n) is 8.21. The number of phosphoric ester groups is 1. The standard InChI is InChI=1S/C15H23N2O9PS/c1-15(2,9-25-27(22,23)24)13-14(21)17-6-5-10(18)16-7-8-28-12(20)4-3-11(19)26-13/h3-4,13H,5-9H2,1-2H3,(H,16,18)(H,17,21)(H2,22,23,24)/b4-3+/t13-/m0/s1. The summed E-state index contributed by atoms with van der Waals surface area (Å²) in [7, 11) is -4.81. The Morgan fingerprint density at radius 1 is 1.21 bits per heavy atom. The van der Waals surface area contributed by atoms with Crippen LogP contribution in [0.15, 0.2) is 12.2 Å². The topological polar surface area (TPSA) is 168 Å². The molecule has 0 aromatic heterocycles. The van der Waals surface area contributed by atoms with Crippen molar-refractivity contribution in [3.05, 3.63) is 12.2 Å². The van der Waals surface area contributed by atoms with Gasteiger partial charge in [0.25, 0.3) is 5.91 Å². The first kappa shape index (κ1) is 24.3. The quantitative estimate of drug-likeness (QED) is 0.331. The van der Waals surface area contributed by atoms with Crippen LogP contribution in [0.4, 0.5) is 0 Å². The van der Waals surface area contributed by atoms with Crippen LogP contribution in [0, 0.1) is 5.41 Å². The first-order valence-corrected chi connectivity index (χ1v) is 10.7. The van der Waals surface area contributed by atoms with Crippen LogP contribution in [0.25, 0.3) is 0 Å². The molecule has 1 aliphatic heterocycles. The van der Waals surface area contributed by atoms with Gasteiger partial charge in [-0.05, 0) is 6.08 Å². The average Bonchev–Trinajstić information content (AvgIpc) is 2.58. The van der Waals surface area contributed by atoms with E-state index >= 15 is 0 Å². The van der Waals surface area contributed by atoms with Gasteiger partial charge in [0.2, 0.25) is 11.0 Å². The highest BCUT2D eigenvalue weighted by Crippen LogP contribution is 2.39. The van der Waals surface area contributed by atoms with E-state index in [0.717, 1.165) is 23.9 Å². The van der Waals surface area contributed by atoms with Gasteiger partial charge in [-0.25, -0.2) is 9.36 Å². The third kappa shape index (κ3) is 9.47. The van der Waals surface area contributed by atoms with Gasteiger partial charge in [-0.2, -0.15) is 0 Å². The Kier molecular flexibility index (Phi) is 9.31. The Balaban J connectivity index is 3.00. The fourth-order valence-electron chi connectivity index (χ4n) is 2.06. The summed E-state index contributed by atoms with van der Waals surface area (Å²) in [6.07, 6.45) is 0.297. The molecule has 1 aliphatic rings. The number of hydrogen-bond donors (Lipinski definition) is 4. The van der Waals surface area contributed by atoms with Crippen molar-refractivity contribution in [1.82, 2.24) is 10.6 Å². The monoisotopic (exact) mass is 438 g/mol. The van der Waals surface area contributed by atoms with Crippen molar-refractivity contribution in [2.24, 2.45) is 5.41 Å². The molecule has 158 valence electrons. The molecule has 4 N–H and O–H groups in total. The fourth-order valence-corrected chi connectivity index (χ4v) is 3.13. The summed E-state index contributed by atoms with van der Waals surface area (Å²) >= 11 is 0.893. The number of thioether (sulfide) groups is 1. The number of carbonyl (C=O) groups is 4. The molecule has 0 saturated carbocycles. The predicted octanol–water partition coefficient (Wildman–Crippen LogP) is -0.514. The second-order valence-corrected chi connectivity index (χ2v) is 8.80. The number of nitrogens with one attached hydrogen (secondary N) is 2. The second kappa shape index (κ2) is 10.7. The summed E-state index contributed by atoms with van der Waals surface area (Å²) in [6.45, 7) is 2.42. The van der Waals surface area contributed by atoms with Gasteiger partial charge in [0.1, 0.15) is 0 Å². The Bertz CT molecular complexity index is 689. The maximum atomic E-state index is 12.5. The van der Waals surface area contributed by atoms with Crippen molar-refractivity contribution in [2.45, 2.75) is 26.4 Å². The normalized spacial score (nSPS) is 22.4. The molecular formula is C15H23N2O9PS. The maximum absolute atomic E-state index is 12.5. The van der Waals surface area contributed by atoms with Crippen molar-refractivity contribution >= 4 is 42.5 Å². The lowest BCUT2D eigenvalue weighted by Gasteiger charge is -2.32. The lowest BCUT2D eigenvalue weighted by Crippen LogP contribution is -2.49. The highest BCUT2D eigenvalue weighted by molar-refractivity contribution is 8.14. The number of ether oxygens (including phenoxy) is 1. The van der Waals surface area contributed by atoms with Crippen LogP contribution in [-0.2, 0) is 33.0 Å². The molecule has 0 aliphatic carbocycles. The van der Waals surface area contributed by atoms with Crippen LogP contribution in [0.3, 0.4) is 0 Å². The third-order valence-electron chi connectivity index (χ3n) is 3.46. The molecule has 0 spiro atoms. The maximum Gasteiger partial charge on any atom is 0.469 e. The summed E-state index contributed by atoms with van der Waals surface area (Å²) in [4.78, 5) is 65.6. The predicted molar refractivity (Wildman–Crippen MR) is 98.9 cm³/mol. The van der Waals surface area contributed by atoms with Crippen LogP contribution in [0.1, 0.15) is 20.3 Å². The van der Waals surface area contributed by atoms with E-state index in [0.29, 0.717) is 5.75 Å². The van der Waals surface area contributed by atoms with E-state index < -0.39 is 42.9 Å². The van der Waals surface area contributed by atoms with E-state index in [-0.39, 0.29) is 25.4 Å². The van der Waals surface area contributed by atoms with Crippen molar-refractivity contribution in [2.75, 3.05) is 25.4 Å². The van der Waals surface area contributed by atoms with Crippen LogP contribution in [0.5, 0.6) is 0 Å². The molecule has 11 nitrogen and oxygen atoms in total. The average molecular weight is 438 g/mol. The van der Waals surface area contributed by atoms with Gasteiger partial charge in [-0.3, -0.25) is 18.9 Å². The number of phosphoric acid groups is 1. The van der Waals surface area contributed by atoms with Gasteiger partial charge in [-0.1, -0.05) is 25.6 Å². The van der Waals surface area contributed by atoms with Crippen molar-refractivity contribution in [1.29, 1.82) is 0 Å². The molecule has 0 radical (unpaired) electrons. The molecule has 0 saturated heterocycles. The summed E-state index contributed by atoms with van der Waals surface area (Å²) < 4.78 is 20.5. The zero-order valence-electron chi connectivity index (χ0n) is 15.4. The minimum Gasteiger partial charge on any atom is -0.448 e. The number of rotatable bonds is 4. The zero-order valence-corrected chi connectivity index (χ0v) is 17.1. The van der Waals surface area contributed by atoms with Crippen LogP contribution in [0.2, 0.25) is 0 Å². The largest absolute Gasteiger partial charge is 0.469 e. The van der Waals surface area contributed by atoms with Gasteiger partial charge in [0, 0.05) is 36.8 Å². The zero-order chi connectivity index (χ0) is 21.4. The molecule has 2 amide bonds. The molecule has 0 aromatic carbocycles. The van der Waals surface area contributed by atoms with E-state index in [1.807, 2.05) is 0 Å². The summed E-state index contributed by atoms with van der Waals surface area (Å²) in [5.41, 5.74) is -1.33. The van der Waals surface area contributed by atoms with Gasteiger partial charge in [0.15, 0.2) is 6.10 Å². The Morgan fingerprint density at radius 2 is 1.89 bits per heavy atom.